The lowest BCUT2D eigenvalue weighted by molar-refractivity contribution is -0.120. The fraction of sp³-hybridized carbons (Fsp3) is 0.250. The molecule has 1 atom stereocenters. The Bertz CT molecular complexity index is 1420. The van der Waals surface area contributed by atoms with Crippen molar-refractivity contribution in [3.05, 3.63) is 77.6 Å². The van der Waals surface area contributed by atoms with Gasteiger partial charge in [-0.1, -0.05) is 11.8 Å². The maximum Gasteiger partial charge on any atom is 0.270 e. The fourth-order valence-electron chi connectivity index (χ4n) is 3.46. The number of rotatable bonds is 4. The van der Waals surface area contributed by atoms with Crippen LogP contribution in [0.15, 0.2) is 54.7 Å². The lowest BCUT2D eigenvalue weighted by Crippen LogP contribution is -2.49. The number of amides is 2. The molecule has 7 nitrogen and oxygen atoms in total. The van der Waals surface area contributed by atoms with E-state index in [0.717, 1.165) is 17.7 Å². The standard InChI is InChI=1S/C28H25F2N3O4/c1-28(2,3)11-9-17-5-7-25-23(13-17)33(4)27(35)22(16-36-25)32-26(34)21-15-19(10-12-31-21)37-24-8-6-18(29)14-20(24)30/h5-8,10,12-15,22H,16H2,1-4H3,(H,32,34)/t22-/m0/s1. The molecule has 1 aromatic heterocycles. The van der Waals surface area contributed by atoms with Crippen molar-refractivity contribution in [1.29, 1.82) is 0 Å². The van der Waals surface area contributed by atoms with Crippen LogP contribution in [0.1, 0.15) is 36.8 Å². The van der Waals surface area contributed by atoms with Gasteiger partial charge in [0.1, 0.15) is 35.7 Å². The second-order valence-electron chi connectivity index (χ2n) is 9.47. The number of aromatic nitrogens is 1. The van der Waals surface area contributed by atoms with Crippen LogP contribution in [0.5, 0.6) is 17.2 Å². The Morgan fingerprint density at radius 2 is 1.95 bits per heavy atom. The molecular formula is C28H25F2N3O4. The second-order valence-corrected chi connectivity index (χ2v) is 9.47. The zero-order chi connectivity index (χ0) is 26.7. The molecule has 0 aliphatic carbocycles. The van der Waals surface area contributed by atoms with Crippen molar-refractivity contribution in [2.45, 2.75) is 26.8 Å². The number of ether oxygens (including phenoxy) is 2. The Morgan fingerprint density at radius 1 is 1.16 bits per heavy atom. The molecule has 0 saturated carbocycles. The van der Waals surface area contributed by atoms with Gasteiger partial charge in [-0.25, -0.2) is 8.78 Å². The topological polar surface area (TPSA) is 80.8 Å². The highest BCUT2D eigenvalue weighted by molar-refractivity contribution is 6.03. The lowest BCUT2D eigenvalue weighted by atomic mass is 9.97. The molecule has 0 unspecified atom stereocenters. The molecule has 0 saturated heterocycles. The van der Waals surface area contributed by atoms with Crippen LogP contribution in [-0.2, 0) is 4.79 Å². The third-order valence-electron chi connectivity index (χ3n) is 5.33. The van der Waals surface area contributed by atoms with Gasteiger partial charge in [0, 0.05) is 36.4 Å². The quantitative estimate of drug-likeness (QED) is 0.520. The maximum absolute atomic E-state index is 13.9. The number of halogens is 2. The predicted octanol–water partition coefficient (Wildman–Crippen LogP) is 4.70. The molecule has 1 aliphatic rings. The number of likely N-dealkylation sites (N-methyl/N-ethyl adjacent to an activating group) is 1. The van der Waals surface area contributed by atoms with Gasteiger partial charge in [-0.15, -0.1) is 0 Å². The van der Waals surface area contributed by atoms with Crippen molar-refractivity contribution in [1.82, 2.24) is 10.3 Å². The van der Waals surface area contributed by atoms with Crippen LogP contribution in [0.4, 0.5) is 14.5 Å². The summed E-state index contributed by atoms with van der Waals surface area (Å²) in [5.74, 6) is 4.00. The smallest absolute Gasteiger partial charge is 0.270 e. The van der Waals surface area contributed by atoms with Crippen molar-refractivity contribution in [2.24, 2.45) is 5.41 Å². The number of nitrogens with zero attached hydrogens (tertiary/aromatic N) is 2. The van der Waals surface area contributed by atoms with Crippen molar-refractivity contribution >= 4 is 17.5 Å². The highest BCUT2D eigenvalue weighted by Gasteiger charge is 2.31. The van der Waals surface area contributed by atoms with Crippen LogP contribution in [-0.4, -0.2) is 36.5 Å². The van der Waals surface area contributed by atoms with Crippen LogP contribution >= 0.6 is 0 Å². The van der Waals surface area contributed by atoms with Gasteiger partial charge in [0.05, 0.1) is 5.69 Å². The molecule has 2 aromatic carbocycles. The van der Waals surface area contributed by atoms with E-state index in [2.05, 4.69) is 22.1 Å². The van der Waals surface area contributed by atoms with E-state index in [-0.39, 0.29) is 35.1 Å². The molecule has 1 aliphatic heterocycles. The van der Waals surface area contributed by atoms with Gasteiger partial charge in [0.25, 0.3) is 11.8 Å². The van der Waals surface area contributed by atoms with E-state index >= 15 is 0 Å². The molecular weight excluding hydrogens is 480 g/mol. The molecule has 2 heterocycles. The number of hydrogen-bond acceptors (Lipinski definition) is 5. The Kier molecular flexibility index (Phi) is 7.11. The number of fused-ring (bicyclic) bond motifs is 1. The maximum atomic E-state index is 13.9. The number of nitrogens with one attached hydrogen (secondary N) is 1. The first-order valence-electron chi connectivity index (χ1n) is 11.5. The summed E-state index contributed by atoms with van der Waals surface area (Å²) in [6.45, 7) is 5.93. The number of carbonyl (C=O) groups excluding carboxylic acids is 2. The van der Waals surface area contributed by atoms with Gasteiger partial charge >= 0.3 is 0 Å². The van der Waals surface area contributed by atoms with E-state index in [0.29, 0.717) is 17.5 Å². The summed E-state index contributed by atoms with van der Waals surface area (Å²) in [7, 11) is 1.60. The summed E-state index contributed by atoms with van der Waals surface area (Å²) < 4.78 is 38.3. The summed E-state index contributed by atoms with van der Waals surface area (Å²) in [6, 6.07) is 9.93. The van der Waals surface area contributed by atoms with Gasteiger partial charge in [-0.2, -0.15) is 0 Å². The van der Waals surface area contributed by atoms with E-state index < -0.39 is 23.6 Å². The van der Waals surface area contributed by atoms with E-state index in [1.807, 2.05) is 26.8 Å². The second kappa shape index (κ2) is 10.3. The SMILES string of the molecule is CN1C(=O)[C@@H](NC(=O)c2cc(Oc3ccc(F)cc3F)ccn2)COc2ccc(C#CC(C)(C)C)cc21. The Labute approximate surface area is 213 Å². The van der Waals surface area contributed by atoms with Crippen LogP contribution < -0.4 is 19.7 Å². The average Bonchev–Trinajstić information content (AvgIpc) is 2.96. The van der Waals surface area contributed by atoms with Crippen LogP contribution in [0.2, 0.25) is 0 Å². The first kappa shape index (κ1) is 25.6. The van der Waals surface area contributed by atoms with Crippen molar-refractivity contribution in [3.63, 3.8) is 0 Å². The molecule has 3 aromatic rings. The Morgan fingerprint density at radius 3 is 2.68 bits per heavy atom. The van der Waals surface area contributed by atoms with E-state index in [9.17, 15) is 18.4 Å². The molecule has 9 heteroatoms. The first-order valence-corrected chi connectivity index (χ1v) is 11.5. The number of carbonyl (C=O) groups is 2. The van der Waals surface area contributed by atoms with E-state index in [1.165, 1.54) is 23.2 Å². The minimum absolute atomic E-state index is 0.0584. The molecule has 0 radical (unpaired) electrons. The third kappa shape index (κ3) is 6.22. The van der Waals surface area contributed by atoms with Crippen LogP contribution in [0.25, 0.3) is 0 Å². The highest BCUT2D eigenvalue weighted by Crippen LogP contribution is 2.32. The minimum atomic E-state index is -0.991. The average molecular weight is 506 g/mol. The zero-order valence-corrected chi connectivity index (χ0v) is 20.8. The largest absolute Gasteiger partial charge is 0.489 e. The molecule has 2 amide bonds. The Hall–Kier alpha value is -4.45. The molecule has 1 N–H and O–H groups in total. The number of pyridine rings is 1. The highest BCUT2D eigenvalue weighted by atomic mass is 19.1. The third-order valence-corrected chi connectivity index (χ3v) is 5.33. The number of benzene rings is 2. The molecule has 0 fully saturated rings. The summed E-state index contributed by atoms with van der Waals surface area (Å²) in [5, 5.41) is 2.63. The number of anilines is 1. The molecule has 190 valence electrons. The first-order chi connectivity index (χ1) is 17.5. The van der Waals surface area contributed by atoms with Gasteiger partial charge in [0.15, 0.2) is 11.6 Å². The number of hydrogen-bond donors (Lipinski definition) is 1. The van der Waals surface area contributed by atoms with Crippen molar-refractivity contribution in [2.75, 3.05) is 18.6 Å². The monoisotopic (exact) mass is 505 g/mol. The van der Waals surface area contributed by atoms with Crippen LogP contribution in [0.3, 0.4) is 0 Å². The molecule has 37 heavy (non-hydrogen) atoms. The molecule has 0 bridgehead atoms. The summed E-state index contributed by atoms with van der Waals surface area (Å²) in [6.07, 6.45) is 1.30. The van der Waals surface area contributed by atoms with Crippen LogP contribution in [0, 0.1) is 28.9 Å². The predicted molar refractivity (Wildman–Crippen MR) is 134 cm³/mol. The fourth-order valence-corrected chi connectivity index (χ4v) is 3.46. The zero-order valence-electron chi connectivity index (χ0n) is 20.8. The van der Waals surface area contributed by atoms with Crippen molar-refractivity contribution in [3.8, 4) is 29.1 Å². The van der Waals surface area contributed by atoms with Gasteiger partial charge in [-0.05, 0) is 57.2 Å². The summed E-state index contributed by atoms with van der Waals surface area (Å²) >= 11 is 0. The molecule has 0 spiro atoms. The summed E-state index contributed by atoms with van der Waals surface area (Å²) in [4.78, 5) is 31.5. The van der Waals surface area contributed by atoms with Gasteiger partial charge in [0.2, 0.25) is 0 Å². The van der Waals surface area contributed by atoms with E-state index in [1.54, 1.807) is 19.2 Å². The molecule has 4 rings (SSSR count). The Balaban J connectivity index is 1.49. The van der Waals surface area contributed by atoms with Crippen molar-refractivity contribution < 1.29 is 27.8 Å². The lowest BCUT2D eigenvalue weighted by Gasteiger charge is -2.20. The van der Waals surface area contributed by atoms with E-state index in [4.69, 9.17) is 9.47 Å². The normalized spacial score (nSPS) is 15.0. The van der Waals surface area contributed by atoms with Gasteiger partial charge < -0.3 is 19.7 Å². The minimum Gasteiger partial charge on any atom is -0.489 e. The summed E-state index contributed by atoms with van der Waals surface area (Å²) in [5.41, 5.74) is 1.04. The van der Waals surface area contributed by atoms with Gasteiger partial charge in [-0.3, -0.25) is 14.6 Å².